The van der Waals surface area contributed by atoms with Crippen molar-refractivity contribution in [1.29, 1.82) is 0 Å². The quantitative estimate of drug-likeness (QED) is 0.878. The minimum absolute atomic E-state index is 0.231. The van der Waals surface area contributed by atoms with Crippen LogP contribution < -0.4 is 0 Å². The van der Waals surface area contributed by atoms with Gasteiger partial charge in [0.2, 0.25) is 0 Å². The zero-order valence-electron chi connectivity index (χ0n) is 9.63. The van der Waals surface area contributed by atoms with Crippen molar-refractivity contribution in [2.45, 2.75) is 13.3 Å². The van der Waals surface area contributed by atoms with Crippen molar-refractivity contribution < 1.29 is 17.4 Å². The third kappa shape index (κ3) is 3.47. The lowest BCUT2D eigenvalue weighted by Gasteiger charge is -2.05. The van der Waals surface area contributed by atoms with Crippen molar-refractivity contribution in [3.63, 3.8) is 0 Å². The average molecular weight is 289 g/mol. The molecule has 1 N–H and O–H groups in total. The first kappa shape index (κ1) is 13.4. The van der Waals surface area contributed by atoms with E-state index in [4.69, 9.17) is 4.55 Å². The number of fused-ring (bicyclic) bond motifs is 1. The summed E-state index contributed by atoms with van der Waals surface area (Å²) in [6.07, 6.45) is 0.445. The molecule has 1 unspecified atom stereocenters. The molecular weight excluding hydrogens is 277 g/mol. The van der Waals surface area contributed by atoms with Crippen LogP contribution in [0.25, 0.3) is 10.2 Å². The van der Waals surface area contributed by atoms with Crippen LogP contribution in [0.1, 0.15) is 11.9 Å². The molecule has 1 heterocycles. The molecule has 2 aromatic rings. The number of benzene rings is 1. The van der Waals surface area contributed by atoms with E-state index in [0.29, 0.717) is 11.9 Å². The van der Waals surface area contributed by atoms with Gasteiger partial charge >= 0.3 is 0 Å². The zero-order chi connectivity index (χ0) is 13.3. The average Bonchev–Trinajstić information content (AvgIpc) is 2.55. The van der Waals surface area contributed by atoms with Gasteiger partial charge in [-0.05, 0) is 18.1 Å². The maximum absolute atomic E-state index is 13.0. The van der Waals surface area contributed by atoms with Crippen LogP contribution in [0.4, 0.5) is 4.39 Å². The van der Waals surface area contributed by atoms with E-state index in [0.717, 1.165) is 9.71 Å². The summed E-state index contributed by atoms with van der Waals surface area (Å²) in [5.74, 6) is -0.868. The summed E-state index contributed by atoms with van der Waals surface area (Å²) in [5.41, 5.74) is 0.578. The predicted molar refractivity (Wildman–Crippen MR) is 68.9 cm³/mol. The summed E-state index contributed by atoms with van der Waals surface area (Å²) >= 11 is 1.41. The summed E-state index contributed by atoms with van der Waals surface area (Å²) in [4.78, 5) is 4.25. The molecule has 0 radical (unpaired) electrons. The fourth-order valence-corrected chi connectivity index (χ4v) is 3.70. The Morgan fingerprint density at radius 1 is 1.50 bits per heavy atom. The number of nitrogens with zero attached hydrogens (tertiary/aromatic N) is 1. The molecule has 18 heavy (non-hydrogen) atoms. The Bertz CT molecular complexity index is 666. The standard InChI is InChI=1S/C11H12FNO3S2/c1-7(6-18(14,15)16)4-11-13-9-5-8(12)2-3-10(9)17-11/h2-3,5,7H,4,6H2,1H3,(H,14,15,16). The van der Waals surface area contributed by atoms with Crippen molar-refractivity contribution in [1.82, 2.24) is 4.98 Å². The maximum atomic E-state index is 13.0. The summed E-state index contributed by atoms with van der Waals surface area (Å²) in [6.45, 7) is 1.72. The molecule has 0 fully saturated rings. The van der Waals surface area contributed by atoms with Gasteiger partial charge in [0, 0.05) is 12.5 Å². The molecule has 0 bridgehead atoms. The fourth-order valence-electron chi connectivity index (χ4n) is 1.75. The van der Waals surface area contributed by atoms with E-state index >= 15 is 0 Å². The minimum Gasteiger partial charge on any atom is -0.286 e. The Hall–Kier alpha value is -1.05. The fraction of sp³-hybridized carbons (Fsp3) is 0.364. The lowest BCUT2D eigenvalue weighted by molar-refractivity contribution is 0.469. The zero-order valence-corrected chi connectivity index (χ0v) is 11.3. The largest absolute Gasteiger partial charge is 0.286 e. The Morgan fingerprint density at radius 3 is 2.89 bits per heavy atom. The smallest absolute Gasteiger partial charge is 0.265 e. The molecule has 0 aliphatic rings. The van der Waals surface area contributed by atoms with E-state index in [2.05, 4.69) is 4.98 Å². The molecule has 0 amide bonds. The third-order valence-corrected chi connectivity index (χ3v) is 4.46. The Balaban J connectivity index is 2.17. The SMILES string of the molecule is CC(Cc1nc2cc(F)ccc2s1)CS(=O)(=O)O. The summed E-state index contributed by atoms with van der Waals surface area (Å²) < 4.78 is 44.1. The van der Waals surface area contributed by atoms with E-state index in [1.807, 2.05) is 0 Å². The lowest BCUT2D eigenvalue weighted by Crippen LogP contribution is -2.14. The molecule has 0 aliphatic carbocycles. The Labute approximate surface area is 108 Å². The molecule has 1 aromatic heterocycles. The molecule has 7 heteroatoms. The second-order valence-corrected chi connectivity index (χ2v) is 6.89. The molecule has 0 spiro atoms. The van der Waals surface area contributed by atoms with Gasteiger partial charge in [0.1, 0.15) is 5.82 Å². The van der Waals surface area contributed by atoms with E-state index in [9.17, 15) is 12.8 Å². The molecular formula is C11H12FNO3S2. The lowest BCUT2D eigenvalue weighted by atomic mass is 10.1. The van der Waals surface area contributed by atoms with E-state index in [1.165, 1.54) is 23.5 Å². The number of thiazole rings is 1. The highest BCUT2D eigenvalue weighted by Crippen LogP contribution is 2.24. The van der Waals surface area contributed by atoms with Crippen LogP contribution in [0.2, 0.25) is 0 Å². The van der Waals surface area contributed by atoms with Gasteiger partial charge in [0.15, 0.2) is 0 Å². The molecule has 0 aliphatic heterocycles. The van der Waals surface area contributed by atoms with Gasteiger partial charge < -0.3 is 0 Å². The molecule has 4 nitrogen and oxygen atoms in total. The first-order chi connectivity index (χ1) is 8.33. The number of hydrogen-bond donors (Lipinski definition) is 1. The molecule has 0 saturated carbocycles. The maximum Gasteiger partial charge on any atom is 0.265 e. The van der Waals surface area contributed by atoms with Crippen LogP contribution in [0.3, 0.4) is 0 Å². The van der Waals surface area contributed by atoms with E-state index in [1.54, 1.807) is 13.0 Å². The van der Waals surface area contributed by atoms with Crippen LogP contribution in [-0.4, -0.2) is 23.7 Å². The summed E-state index contributed by atoms with van der Waals surface area (Å²) in [6, 6.07) is 4.37. The number of halogens is 1. The first-order valence-electron chi connectivity index (χ1n) is 5.33. The van der Waals surface area contributed by atoms with Crippen molar-refractivity contribution in [3.05, 3.63) is 29.0 Å². The second-order valence-electron chi connectivity index (χ2n) is 4.28. The van der Waals surface area contributed by atoms with E-state index in [-0.39, 0.29) is 17.5 Å². The van der Waals surface area contributed by atoms with Gasteiger partial charge in [0.25, 0.3) is 10.1 Å². The van der Waals surface area contributed by atoms with Gasteiger partial charge in [-0.25, -0.2) is 9.37 Å². The minimum atomic E-state index is -3.96. The van der Waals surface area contributed by atoms with Crippen LogP contribution in [0.15, 0.2) is 18.2 Å². The van der Waals surface area contributed by atoms with Crippen LogP contribution in [0, 0.1) is 11.7 Å². The number of aromatic nitrogens is 1. The van der Waals surface area contributed by atoms with Crippen molar-refractivity contribution in [2.24, 2.45) is 5.92 Å². The number of rotatable bonds is 4. The first-order valence-corrected chi connectivity index (χ1v) is 7.76. The van der Waals surface area contributed by atoms with Gasteiger partial charge in [-0.2, -0.15) is 8.42 Å². The van der Waals surface area contributed by atoms with Crippen LogP contribution in [-0.2, 0) is 16.5 Å². The van der Waals surface area contributed by atoms with Gasteiger partial charge in [-0.3, -0.25) is 4.55 Å². The molecule has 1 aromatic carbocycles. The second kappa shape index (κ2) is 4.91. The Kier molecular flexibility index (Phi) is 3.65. The molecule has 1 atom stereocenters. The van der Waals surface area contributed by atoms with Crippen molar-refractivity contribution in [3.8, 4) is 0 Å². The molecule has 2 rings (SSSR count). The third-order valence-electron chi connectivity index (χ3n) is 2.41. The van der Waals surface area contributed by atoms with Gasteiger partial charge in [-0.1, -0.05) is 6.92 Å². The molecule has 98 valence electrons. The highest BCUT2D eigenvalue weighted by atomic mass is 32.2. The van der Waals surface area contributed by atoms with Gasteiger partial charge in [0.05, 0.1) is 21.0 Å². The van der Waals surface area contributed by atoms with Gasteiger partial charge in [-0.15, -0.1) is 11.3 Å². The topological polar surface area (TPSA) is 67.3 Å². The predicted octanol–water partition coefficient (Wildman–Crippen LogP) is 2.50. The van der Waals surface area contributed by atoms with Crippen molar-refractivity contribution >= 4 is 31.7 Å². The summed E-state index contributed by atoms with van der Waals surface area (Å²) in [5, 5.41) is 0.742. The monoisotopic (exact) mass is 289 g/mol. The number of hydrogen-bond acceptors (Lipinski definition) is 4. The van der Waals surface area contributed by atoms with Crippen LogP contribution in [0.5, 0.6) is 0 Å². The highest BCUT2D eigenvalue weighted by molar-refractivity contribution is 7.85. The summed E-state index contributed by atoms with van der Waals surface area (Å²) in [7, 11) is -3.96. The molecule has 0 saturated heterocycles. The highest BCUT2D eigenvalue weighted by Gasteiger charge is 2.15. The van der Waals surface area contributed by atoms with E-state index < -0.39 is 10.1 Å². The van der Waals surface area contributed by atoms with Crippen molar-refractivity contribution in [2.75, 3.05) is 5.75 Å². The van der Waals surface area contributed by atoms with Crippen LogP contribution >= 0.6 is 11.3 Å². The Morgan fingerprint density at radius 2 is 2.22 bits per heavy atom. The normalized spacial score (nSPS) is 13.9.